The van der Waals surface area contributed by atoms with Crippen LogP contribution in [0.5, 0.6) is 5.75 Å². The predicted molar refractivity (Wildman–Crippen MR) is 111 cm³/mol. The smallest absolute Gasteiger partial charge is 0.316 e. The van der Waals surface area contributed by atoms with E-state index in [1.54, 1.807) is 32.9 Å². The van der Waals surface area contributed by atoms with Gasteiger partial charge in [-0.25, -0.2) is 8.42 Å². The van der Waals surface area contributed by atoms with E-state index < -0.39 is 33.3 Å². The van der Waals surface area contributed by atoms with E-state index in [9.17, 15) is 18.0 Å². The summed E-state index contributed by atoms with van der Waals surface area (Å²) >= 11 is 0. The Morgan fingerprint density at radius 1 is 1.00 bits per heavy atom. The molecule has 0 aliphatic rings. The second-order valence-corrected chi connectivity index (χ2v) is 8.83. The van der Waals surface area contributed by atoms with Gasteiger partial charge in [0, 0.05) is 6.92 Å². The van der Waals surface area contributed by atoms with Crippen LogP contribution in [0, 0.1) is 5.41 Å². The minimum atomic E-state index is -3.94. The number of nitrogens with one attached hydrogen (secondary N) is 1. The van der Waals surface area contributed by atoms with Gasteiger partial charge < -0.3 is 15.6 Å². The van der Waals surface area contributed by atoms with Crippen molar-refractivity contribution in [3.8, 4) is 5.75 Å². The lowest BCUT2D eigenvalue weighted by Crippen LogP contribution is -2.25. The summed E-state index contributed by atoms with van der Waals surface area (Å²) in [6.45, 7) is 6.23. The van der Waals surface area contributed by atoms with Gasteiger partial charge in [-0.1, -0.05) is 12.1 Å². The van der Waals surface area contributed by atoms with E-state index in [1.165, 1.54) is 36.4 Å². The van der Waals surface area contributed by atoms with Crippen LogP contribution in [0.3, 0.4) is 0 Å². The number of carboxylic acids is 1. The Labute approximate surface area is 174 Å². The second-order valence-electron chi connectivity index (χ2n) is 7.15. The van der Waals surface area contributed by atoms with Crippen LogP contribution in [-0.4, -0.2) is 31.4 Å². The molecule has 0 aliphatic heterocycles. The molecule has 0 saturated carbocycles. The Kier molecular flexibility index (Phi) is 8.11. The quantitative estimate of drug-likeness (QED) is 0.481. The molecule has 1 amide bonds. The van der Waals surface area contributed by atoms with Crippen molar-refractivity contribution in [1.82, 2.24) is 0 Å². The van der Waals surface area contributed by atoms with Crippen molar-refractivity contribution in [1.29, 1.82) is 0 Å². The van der Waals surface area contributed by atoms with Gasteiger partial charge >= 0.3 is 5.97 Å². The number of carbonyl (C=O) groups excluding carboxylic acids is 2. The second kappa shape index (κ2) is 9.88. The summed E-state index contributed by atoms with van der Waals surface area (Å²) in [6, 6.07) is 11.4. The molecular formula is C20H24N2O7S. The number of rotatable bonds is 5. The number of nitrogens with two attached hydrogens (primary N) is 1. The Morgan fingerprint density at radius 3 is 1.97 bits per heavy atom. The summed E-state index contributed by atoms with van der Waals surface area (Å²) in [5.74, 6) is -1.77. The first kappa shape index (κ1) is 24.6. The van der Waals surface area contributed by atoms with Crippen LogP contribution in [0.4, 0.5) is 5.69 Å². The predicted octanol–water partition coefficient (Wildman–Crippen LogP) is 2.63. The fraction of sp³-hybridized carbons (Fsp3) is 0.250. The van der Waals surface area contributed by atoms with Gasteiger partial charge in [0.05, 0.1) is 21.6 Å². The molecule has 10 heteroatoms. The first-order valence-corrected chi connectivity index (χ1v) is 10.2. The third-order valence-electron chi connectivity index (χ3n) is 3.39. The van der Waals surface area contributed by atoms with Crippen molar-refractivity contribution in [3.05, 3.63) is 54.1 Å². The number of esters is 1. The number of ether oxygens (including phenoxy) is 1. The van der Waals surface area contributed by atoms with Crippen molar-refractivity contribution in [2.45, 2.75) is 32.6 Å². The number of amides is 1. The SMILES string of the molecule is CC(=O)O.CC(C)(C)C(=O)Oc1ccc(S(=O)(=O)Nc2ccccc2C(N)=O)cc1. The van der Waals surface area contributed by atoms with Crippen molar-refractivity contribution in [2.24, 2.45) is 11.1 Å². The van der Waals surface area contributed by atoms with E-state index in [-0.39, 0.29) is 21.9 Å². The summed E-state index contributed by atoms with van der Waals surface area (Å²) in [6.07, 6.45) is 0. The number of benzene rings is 2. The molecule has 0 aromatic heterocycles. The lowest BCUT2D eigenvalue weighted by Gasteiger charge is -2.16. The molecule has 2 aromatic carbocycles. The van der Waals surface area contributed by atoms with E-state index >= 15 is 0 Å². The molecule has 2 rings (SSSR count). The number of hydrogen-bond acceptors (Lipinski definition) is 6. The maximum absolute atomic E-state index is 12.5. The Hall–Kier alpha value is -3.40. The Balaban J connectivity index is 0.00000103. The van der Waals surface area contributed by atoms with Crippen molar-refractivity contribution >= 4 is 33.6 Å². The van der Waals surface area contributed by atoms with Gasteiger partial charge in [-0.2, -0.15) is 0 Å². The van der Waals surface area contributed by atoms with Crippen LogP contribution in [0.15, 0.2) is 53.4 Å². The van der Waals surface area contributed by atoms with Gasteiger partial charge in [-0.05, 0) is 57.2 Å². The largest absolute Gasteiger partial charge is 0.481 e. The van der Waals surface area contributed by atoms with E-state index in [0.29, 0.717) is 0 Å². The zero-order valence-electron chi connectivity index (χ0n) is 17.0. The van der Waals surface area contributed by atoms with Gasteiger partial charge in [-0.3, -0.25) is 19.1 Å². The molecule has 0 bridgehead atoms. The van der Waals surface area contributed by atoms with E-state index in [4.69, 9.17) is 20.4 Å². The number of aliphatic carboxylic acids is 1. The highest BCUT2D eigenvalue weighted by molar-refractivity contribution is 7.92. The summed E-state index contributed by atoms with van der Waals surface area (Å²) in [4.78, 5) is 32.2. The number of anilines is 1. The highest BCUT2D eigenvalue weighted by atomic mass is 32.2. The molecule has 0 atom stereocenters. The number of carboxylic acid groups (broad SMARTS) is 1. The number of hydrogen-bond donors (Lipinski definition) is 3. The summed E-state index contributed by atoms with van der Waals surface area (Å²) < 4.78 is 32.5. The van der Waals surface area contributed by atoms with Crippen molar-refractivity contribution < 1.29 is 32.6 Å². The molecule has 0 heterocycles. The van der Waals surface area contributed by atoms with E-state index in [1.807, 2.05) is 0 Å². The maximum atomic E-state index is 12.5. The number of primary amides is 1. The lowest BCUT2D eigenvalue weighted by atomic mass is 9.97. The van der Waals surface area contributed by atoms with Gasteiger partial charge in [0.1, 0.15) is 5.75 Å². The monoisotopic (exact) mass is 436 g/mol. The molecule has 0 fully saturated rings. The molecule has 9 nitrogen and oxygen atoms in total. The normalized spacial score (nSPS) is 10.9. The average Bonchev–Trinajstić information content (AvgIpc) is 2.61. The number of sulfonamides is 1. The number of para-hydroxylation sites is 1. The molecule has 162 valence electrons. The van der Waals surface area contributed by atoms with E-state index in [2.05, 4.69) is 4.72 Å². The Bertz CT molecular complexity index is 1020. The maximum Gasteiger partial charge on any atom is 0.316 e. The highest BCUT2D eigenvalue weighted by Crippen LogP contribution is 2.23. The summed E-state index contributed by atoms with van der Waals surface area (Å²) in [7, 11) is -3.94. The highest BCUT2D eigenvalue weighted by Gasteiger charge is 2.24. The van der Waals surface area contributed by atoms with Gasteiger partial charge in [0.2, 0.25) is 0 Å². The van der Waals surface area contributed by atoms with Gasteiger partial charge in [0.15, 0.2) is 0 Å². The van der Waals surface area contributed by atoms with Gasteiger partial charge in [0.25, 0.3) is 21.9 Å². The molecule has 0 unspecified atom stereocenters. The van der Waals surface area contributed by atoms with Crippen LogP contribution in [-0.2, 0) is 19.6 Å². The van der Waals surface area contributed by atoms with Crippen LogP contribution in [0.1, 0.15) is 38.1 Å². The van der Waals surface area contributed by atoms with Crippen molar-refractivity contribution in [2.75, 3.05) is 4.72 Å². The third-order valence-corrected chi connectivity index (χ3v) is 4.78. The molecule has 0 aliphatic carbocycles. The molecule has 0 radical (unpaired) electrons. The zero-order chi connectivity index (χ0) is 23.1. The van der Waals surface area contributed by atoms with Crippen molar-refractivity contribution in [3.63, 3.8) is 0 Å². The zero-order valence-corrected chi connectivity index (χ0v) is 17.8. The average molecular weight is 436 g/mol. The van der Waals surface area contributed by atoms with Crippen LogP contribution < -0.4 is 15.2 Å². The first-order chi connectivity index (χ1) is 13.7. The molecule has 0 saturated heterocycles. The third kappa shape index (κ3) is 7.55. The standard InChI is InChI=1S/C18H20N2O5S.C2H4O2/c1-18(2,3)17(22)25-12-8-10-13(11-9-12)26(23,24)20-15-7-5-4-6-14(15)16(19)21;1-2(3)4/h4-11,20H,1-3H3,(H2,19,21);1H3,(H,3,4). The molecule has 2 aromatic rings. The van der Waals surface area contributed by atoms with Crippen LogP contribution >= 0.6 is 0 Å². The fourth-order valence-corrected chi connectivity index (χ4v) is 3.02. The first-order valence-electron chi connectivity index (χ1n) is 8.67. The molecule has 0 spiro atoms. The minimum Gasteiger partial charge on any atom is -0.481 e. The summed E-state index contributed by atoms with van der Waals surface area (Å²) in [5.41, 5.74) is 4.72. The Morgan fingerprint density at radius 2 is 1.50 bits per heavy atom. The van der Waals surface area contributed by atoms with Crippen LogP contribution in [0.25, 0.3) is 0 Å². The topological polar surface area (TPSA) is 153 Å². The van der Waals surface area contributed by atoms with E-state index in [0.717, 1.165) is 6.92 Å². The molecule has 4 N–H and O–H groups in total. The summed E-state index contributed by atoms with van der Waals surface area (Å²) in [5, 5.41) is 7.42. The fourth-order valence-electron chi connectivity index (χ4n) is 1.94. The van der Waals surface area contributed by atoms with Gasteiger partial charge in [-0.15, -0.1) is 0 Å². The lowest BCUT2D eigenvalue weighted by molar-refractivity contribution is -0.143. The molecule has 30 heavy (non-hydrogen) atoms. The molecular weight excluding hydrogens is 412 g/mol. The minimum absolute atomic E-state index is 0.0488. The van der Waals surface area contributed by atoms with Crippen LogP contribution in [0.2, 0.25) is 0 Å². The number of carbonyl (C=O) groups is 3.